The van der Waals surface area contributed by atoms with Crippen LogP contribution in [0.2, 0.25) is 0 Å². The van der Waals surface area contributed by atoms with Crippen molar-refractivity contribution < 1.29 is 9.59 Å². The number of para-hydroxylation sites is 1. The summed E-state index contributed by atoms with van der Waals surface area (Å²) in [5.41, 5.74) is 2.45. The van der Waals surface area contributed by atoms with Crippen molar-refractivity contribution in [1.82, 2.24) is 9.97 Å². The summed E-state index contributed by atoms with van der Waals surface area (Å²) in [7, 11) is 1.69. The minimum absolute atomic E-state index is 0.141. The van der Waals surface area contributed by atoms with Crippen LogP contribution in [0.3, 0.4) is 0 Å². The number of nitrogens with one attached hydrogen (secondary N) is 2. The summed E-state index contributed by atoms with van der Waals surface area (Å²) in [5, 5.41) is 5.81. The Bertz CT molecular complexity index is 942. The number of amides is 2. The van der Waals surface area contributed by atoms with Crippen LogP contribution in [0, 0.1) is 0 Å². The van der Waals surface area contributed by atoms with Crippen molar-refractivity contribution in [3.63, 3.8) is 0 Å². The van der Waals surface area contributed by atoms with E-state index in [-0.39, 0.29) is 17.5 Å². The highest BCUT2D eigenvalue weighted by molar-refractivity contribution is 6.04. The van der Waals surface area contributed by atoms with E-state index in [1.54, 1.807) is 19.2 Å². The van der Waals surface area contributed by atoms with Gasteiger partial charge in [-0.2, -0.15) is 0 Å². The quantitative estimate of drug-likeness (QED) is 0.727. The highest BCUT2D eigenvalue weighted by atomic mass is 16.2. The van der Waals surface area contributed by atoms with Crippen LogP contribution in [0.5, 0.6) is 0 Å². The summed E-state index contributed by atoms with van der Waals surface area (Å²) in [6, 6.07) is 16.6. The zero-order valence-electron chi connectivity index (χ0n) is 15.0. The summed E-state index contributed by atoms with van der Waals surface area (Å²) >= 11 is 0. The lowest BCUT2D eigenvalue weighted by Gasteiger charge is -2.16. The molecule has 7 nitrogen and oxygen atoms in total. The van der Waals surface area contributed by atoms with Crippen LogP contribution in [-0.4, -0.2) is 28.8 Å². The molecule has 3 aromatic rings. The fraction of sp³-hybridized carbons (Fsp3) is 0.100. The summed E-state index contributed by atoms with van der Waals surface area (Å²) < 4.78 is 0. The normalized spacial score (nSPS) is 10.1. The molecule has 0 radical (unpaired) electrons. The first-order valence-corrected chi connectivity index (χ1v) is 8.33. The van der Waals surface area contributed by atoms with E-state index < -0.39 is 0 Å². The van der Waals surface area contributed by atoms with Crippen LogP contribution < -0.4 is 15.5 Å². The number of benzene rings is 2. The number of rotatable bonds is 5. The summed E-state index contributed by atoms with van der Waals surface area (Å²) in [6.45, 7) is 1.45. The summed E-state index contributed by atoms with van der Waals surface area (Å²) in [4.78, 5) is 33.7. The van der Waals surface area contributed by atoms with Gasteiger partial charge in [-0.3, -0.25) is 9.59 Å². The average Bonchev–Trinajstić information content (AvgIpc) is 2.68. The maximum Gasteiger partial charge on any atom is 0.278 e. The van der Waals surface area contributed by atoms with Crippen LogP contribution in [0.1, 0.15) is 17.4 Å². The van der Waals surface area contributed by atoms with Gasteiger partial charge in [0.1, 0.15) is 11.5 Å². The molecule has 3 rings (SSSR count). The molecule has 0 spiro atoms. The molecule has 0 aliphatic heterocycles. The number of carbonyl (C=O) groups is 2. The van der Waals surface area contributed by atoms with E-state index in [1.807, 2.05) is 42.5 Å². The maximum absolute atomic E-state index is 12.5. The molecule has 0 aliphatic carbocycles. The lowest BCUT2D eigenvalue weighted by atomic mass is 10.2. The molecule has 0 saturated carbocycles. The van der Waals surface area contributed by atoms with Gasteiger partial charge >= 0.3 is 0 Å². The highest BCUT2D eigenvalue weighted by Crippen LogP contribution is 2.19. The van der Waals surface area contributed by atoms with Gasteiger partial charge in [0, 0.05) is 31.0 Å². The number of aromatic nitrogens is 2. The third-order valence-corrected chi connectivity index (χ3v) is 3.77. The third-order valence-electron chi connectivity index (χ3n) is 3.77. The minimum atomic E-state index is -0.243. The van der Waals surface area contributed by atoms with Crippen LogP contribution in [-0.2, 0) is 4.79 Å². The molecule has 2 aromatic carbocycles. The predicted octanol–water partition coefficient (Wildman–Crippen LogP) is 3.46. The van der Waals surface area contributed by atoms with E-state index in [9.17, 15) is 9.59 Å². The average molecular weight is 361 g/mol. The Morgan fingerprint density at radius 3 is 2.33 bits per heavy atom. The van der Waals surface area contributed by atoms with Crippen molar-refractivity contribution >= 4 is 34.7 Å². The Morgan fingerprint density at radius 1 is 0.926 bits per heavy atom. The molecular formula is C20H19N5O2. The van der Waals surface area contributed by atoms with Crippen LogP contribution in [0.25, 0.3) is 0 Å². The number of nitrogens with zero attached hydrogens (tertiary/aromatic N) is 3. The number of carbonyl (C=O) groups excluding carboxylic acids is 2. The first-order chi connectivity index (χ1) is 13.0. The Kier molecular flexibility index (Phi) is 5.41. The molecule has 27 heavy (non-hydrogen) atoms. The van der Waals surface area contributed by atoms with Gasteiger partial charge in [0.05, 0.1) is 12.4 Å². The van der Waals surface area contributed by atoms with Gasteiger partial charge in [-0.05, 0) is 30.3 Å². The molecule has 2 N–H and O–H groups in total. The molecule has 2 amide bonds. The van der Waals surface area contributed by atoms with Crippen molar-refractivity contribution in [3.8, 4) is 0 Å². The summed E-state index contributed by atoms with van der Waals surface area (Å²) in [6.07, 6.45) is 2.93. The molecule has 1 aromatic heterocycles. The number of hydrogen-bond acceptors (Lipinski definition) is 5. The van der Waals surface area contributed by atoms with Crippen LogP contribution in [0.4, 0.5) is 22.9 Å². The molecule has 0 saturated heterocycles. The smallest absolute Gasteiger partial charge is 0.278 e. The van der Waals surface area contributed by atoms with E-state index >= 15 is 0 Å². The molecule has 0 fully saturated rings. The Morgan fingerprint density at radius 2 is 1.67 bits per heavy atom. The van der Waals surface area contributed by atoms with Gasteiger partial charge in [0.15, 0.2) is 0 Å². The molecule has 0 atom stereocenters. The SMILES string of the molecule is CC(=O)Nc1cccc(Nc2cnc(C(=O)N(C)c3ccccc3)cn2)c1. The predicted molar refractivity (Wildman–Crippen MR) is 105 cm³/mol. The second kappa shape index (κ2) is 8.09. The number of hydrogen-bond donors (Lipinski definition) is 2. The standard InChI is InChI=1S/C20H19N5O2/c1-14(26)23-15-7-6-8-16(11-15)24-19-13-21-18(12-22-19)20(27)25(2)17-9-4-3-5-10-17/h3-13H,1-2H3,(H,22,24)(H,23,26). The zero-order chi connectivity index (χ0) is 19.2. The largest absolute Gasteiger partial charge is 0.339 e. The van der Waals surface area contributed by atoms with Crippen molar-refractivity contribution in [2.45, 2.75) is 6.92 Å². The molecule has 7 heteroatoms. The Balaban J connectivity index is 1.70. The van der Waals surface area contributed by atoms with Gasteiger partial charge in [-0.1, -0.05) is 24.3 Å². The van der Waals surface area contributed by atoms with E-state index in [0.717, 1.165) is 11.4 Å². The second-order valence-corrected chi connectivity index (χ2v) is 5.87. The van der Waals surface area contributed by atoms with Crippen LogP contribution in [0.15, 0.2) is 67.0 Å². The molecule has 1 heterocycles. The monoisotopic (exact) mass is 361 g/mol. The van der Waals surface area contributed by atoms with Gasteiger partial charge < -0.3 is 15.5 Å². The Labute approximate surface area is 157 Å². The minimum Gasteiger partial charge on any atom is -0.339 e. The lowest BCUT2D eigenvalue weighted by Crippen LogP contribution is -2.27. The molecule has 0 aliphatic rings. The van der Waals surface area contributed by atoms with Gasteiger partial charge in [-0.15, -0.1) is 0 Å². The zero-order valence-corrected chi connectivity index (χ0v) is 15.0. The topological polar surface area (TPSA) is 87.2 Å². The highest BCUT2D eigenvalue weighted by Gasteiger charge is 2.15. The fourth-order valence-corrected chi connectivity index (χ4v) is 2.47. The second-order valence-electron chi connectivity index (χ2n) is 5.87. The fourth-order valence-electron chi connectivity index (χ4n) is 2.47. The van der Waals surface area contributed by atoms with Gasteiger partial charge in [-0.25, -0.2) is 9.97 Å². The first kappa shape index (κ1) is 18.1. The Hall–Kier alpha value is -3.74. The first-order valence-electron chi connectivity index (χ1n) is 8.33. The van der Waals surface area contributed by atoms with Crippen molar-refractivity contribution in [3.05, 3.63) is 72.7 Å². The van der Waals surface area contributed by atoms with Crippen LogP contribution >= 0.6 is 0 Å². The van der Waals surface area contributed by atoms with Crippen molar-refractivity contribution in [2.24, 2.45) is 0 Å². The lowest BCUT2D eigenvalue weighted by molar-refractivity contribution is -0.114. The van der Waals surface area contributed by atoms with E-state index in [1.165, 1.54) is 24.2 Å². The van der Waals surface area contributed by atoms with Gasteiger partial charge in [0.25, 0.3) is 5.91 Å². The van der Waals surface area contributed by atoms with Gasteiger partial charge in [0.2, 0.25) is 5.91 Å². The molecular weight excluding hydrogens is 342 g/mol. The van der Waals surface area contributed by atoms with E-state index in [2.05, 4.69) is 20.6 Å². The molecule has 0 unspecified atom stereocenters. The third kappa shape index (κ3) is 4.66. The van der Waals surface area contributed by atoms with Crippen molar-refractivity contribution in [1.29, 1.82) is 0 Å². The molecule has 136 valence electrons. The number of anilines is 4. The van der Waals surface area contributed by atoms with E-state index in [0.29, 0.717) is 11.5 Å². The summed E-state index contributed by atoms with van der Waals surface area (Å²) in [5.74, 6) is 0.110. The maximum atomic E-state index is 12.5. The van der Waals surface area contributed by atoms with E-state index in [4.69, 9.17) is 0 Å². The molecule has 0 bridgehead atoms. The van der Waals surface area contributed by atoms with Crippen molar-refractivity contribution in [2.75, 3.05) is 22.6 Å².